The minimum atomic E-state index is -1.55. The first-order chi connectivity index (χ1) is 9.36. The van der Waals surface area contributed by atoms with Crippen LogP contribution < -0.4 is 5.43 Å². The fourth-order valence-electron chi connectivity index (χ4n) is 1.80. The van der Waals surface area contributed by atoms with Crippen molar-refractivity contribution in [3.05, 3.63) is 52.3 Å². The molecule has 0 radical (unpaired) electrons. The van der Waals surface area contributed by atoms with E-state index in [1.165, 1.54) is 0 Å². The number of pyridine rings is 1. The fraction of sp³-hybridized carbons (Fsp3) is 0.0769. The number of benzene rings is 1. The minimum absolute atomic E-state index is 0.151. The third-order valence-corrected chi connectivity index (χ3v) is 2.77. The quantitative estimate of drug-likeness (QED) is 0.941. The van der Waals surface area contributed by atoms with Gasteiger partial charge in [0.25, 0.3) is 0 Å². The molecule has 104 valence electrons. The lowest BCUT2D eigenvalue weighted by Gasteiger charge is -2.12. The number of carbonyl (C=O) groups is 1. The summed E-state index contributed by atoms with van der Waals surface area (Å²) in [6.07, 6.45) is 0.840. The largest absolute Gasteiger partial charge is 0.477 e. The van der Waals surface area contributed by atoms with E-state index in [0.29, 0.717) is 12.1 Å². The number of allylic oxidation sites excluding steroid dienone is 1. The van der Waals surface area contributed by atoms with Gasteiger partial charge in [-0.2, -0.15) is 0 Å². The van der Waals surface area contributed by atoms with E-state index >= 15 is 0 Å². The van der Waals surface area contributed by atoms with Crippen LogP contribution in [0.4, 0.5) is 13.2 Å². The molecular weight excluding hydrogens is 275 g/mol. The summed E-state index contributed by atoms with van der Waals surface area (Å²) in [5, 5.41) is 8.56. The molecule has 0 atom stereocenters. The predicted molar refractivity (Wildman–Crippen MR) is 66.4 cm³/mol. The van der Waals surface area contributed by atoms with Crippen LogP contribution in [0.2, 0.25) is 0 Å². The summed E-state index contributed by atoms with van der Waals surface area (Å²) >= 11 is 0. The topological polar surface area (TPSA) is 59.3 Å². The number of carboxylic acid groups (broad SMARTS) is 1. The molecule has 1 N–H and O–H groups in total. The monoisotopic (exact) mass is 283 g/mol. The normalized spacial score (nSPS) is 10.8. The highest BCUT2D eigenvalue weighted by molar-refractivity contribution is 5.93. The molecule has 0 aliphatic carbocycles. The molecule has 0 fully saturated rings. The lowest BCUT2D eigenvalue weighted by Crippen LogP contribution is -2.19. The van der Waals surface area contributed by atoms with Crippen molar-refractivity contribution in [3.63, 3.8) is 0 Å². The molecule has 0 amide bonds. The summed E-state index contributed by atoms with van der Waals surface area (Å²) in [4.78, 5) is 22.9. The number of fused-ring (bicyclic) bond motifs is 1. The Morgan fingerprint density at radius 2 is 1.90 bits per heavy atom. The zero-order valence-corrected chi connectivity index (χ0v) is 9.99. The first kappa shape index (κ1) is 13.9. The average molecular weight is 283 g/mol. The summed E-state index contributed by atoms with van der Waals surface area (Å²) in [5.41, 5.74) is -2.02. The van der Waals surface area contributed by atoms with Crippen molar-refractivity contribution < 1.29 is 23.1 Å². The van der Waals surface area contributed by atoms with Crippen LogP contribution in [0.3, 0.4) is 0 Å². The number of aromatic nitrogens is 1. The first-order valence-corrected chi connectivity index (χ1v) is 5.38. The number of carboxylic acids is 1. The van der Waals surface area contributed by atoms with Crippen molar-refractivity contribution >= 4 is 22.6 Å². The van der Waals surface area contributed by atoms with Crippen molar-refractivity contribution in [3.8, 4) is 0 Å². The van der Waals surface area contributed by atoms with Gasteiger partial charge in [-0.3, -0.25) is 4.79 Å². The maximum atomic E-state index is 13.3. The minimum Gasteiger partial charge on any atom is -0.477 e. The number of alkyl halides is 1. The second-order valence-corrected chi connectivity index (χ2v) is 4.03. The summed E-state index contributed by atoms with van der Waals surface area (Å²) in [6.45, 7) is 2.31. The molecule has 0 saturated carbocycles. The van der Waals surface area contributed by atoms with Gasteiger partial charge in [0.15, 0.2) is 11.6 Å². The van der Waals surface area contributed by atoms with Gasteiger partial charge in [-0.25, -0.2) is 18.0 Å². The van der Waals surface area contributed by atoms with Crippen molar-refractivity contribution in [2.45, 2.75) is 0 Å². The van der Waals surface area contributed by atoms with E-state index in [-0.39, 0.29) is 16.6 Å². The number of aromatic carboxylic acids is 1. The molecule has 0 aliphatic heterocycles. The predicted octanol–water partition coefficient (Wildman–Crippen LogP) is 2.42. The van der Waals surface area contributed by atoms with Gasteiger partial charge in [-0.15, -0.1) is 0 Å². The van der Waals surface area contributed by atoms with Crippen LogP contribution in [0, 0.1) is 11.6 Å². The van der Waals surface area contributed by atoms with Crippen LogP contribution in [0.1, 0.15) is 10.4 Å². The highest BCUT2D eigenvalue weighted by atomic mass is 19.2. The third-order valence-electron chi connectivity index (χ3n) is 2.77. The maximum absolute atomic E-state index is 13.3. The molecule has 20 heavy (non-hydrogen) atoms. The summed E-state index contributed by atoms with van der Waals surface area (Å²) in [5.74, 6) is -4.09. The van der Waals surface area contributed by atoms with Gasteiger partial charge in [0.05, 0.1) is 10.9 Å². The number of hydrogen-bond donors (Lipinski definition) is 1. The molecule has 0 aliphatic rings. The molecule has 1 aromatic carbocycles. The Kier molecular flexibility index (Phi) is 3.35. The van der Waals surface area contributed by atoms with Crippen LogP contribution in [-0.4, -0.2) is 22.3 Å². The van der Waals surface area contributed by atoms with Crippen LogP contribution in [-0.2, 0) is 0 Å². The number of rotatable bonds is 3. The molecule has 4 nitrogen and oxygen atoms in total. The van der Waals surface area contributed by atoms with E-state index in [4.69, 9.17) is 5.11 Å². The van der Waals surface area contributed by atoms with Gasteiger partial charge < -0.3 is 9.67 Å². The number of hydrogen-bond acceptors (Lipinski definition) is 2. The highest BCUT2D eigenvalue weighted by Crippen LogP contribution is 2.19. The molecule has 0 bridgehead atoms. The van der Waals surface area contributed by atoms with E-state index in [1.807, 2.05) is 0 Å². The summed E-state index contributed by atoms with van der Waals surface area (Å²) < 4.78 is 40.1. The van der Waals surface area contributed by atoms with Crippen molar-refractivity contribution in [1.82, 2.24) is 4.57 Å². The van der Waals surface area contributed by atoms with Crippen LogP contribution in [0.25, 0.3) is 16.6 Å². The van der Waals surface area contributed by atoms with E-state index in [2.05, 4.69) is 6.58 Å². The Morgan fingerprint density at radius 1 is 1.30 bits per heavy atom. The van der Waals surface area contributed by atoms with Crippen molar-refractivity contribution in [2.24, 2.45) is 0 Å². The second-order valence-electron chi connectivity index (χ2n) is 4.03. The summed E-state index contributed by atoms with van der Waals surface area (Å²) in [7, 11) is 0. The van der Waals surface area contributed by atoms with Gasteiger partial charge in [0, 0.05) is 18.0 Å². The van der Waals surface area contributed by atoms with Crippen molar-refractivity contribution in [1.29, 1.82) is 0 Å². The Bertz CT molecular complexity index is 796. The van der Waals surface area contributed by atoms with Crippen LogP contribution in [0.5, 0.6) is 0 Å². The Balaban J connectivity index is 3.01. The molecular formula is C13H8F3NO3. The SMILES string of the molecule is C=C(CF)n1cc(C(=O)O)c(=O)c2cc(F)c(F)cc21. The van der Waals surface area contributed by atoms with Gasteiger partial charge in [-0.05, 0) is 6.07 Å². The van der Waals surface area contributed by atoms with Gasteiger partial charge >= 0.3 is 5.97 Å². The third kappa shape index (κ3) is 2.07. The molecule has 1 aromatic heterocycles. The maximum Gasteiger partial charge on any atom is 0.341 e. The molecule has 2 rings (SSSR count). The molecule has 7 heteroatoms. The highest BCUT2D eigenvalue weighted by Gasteiger charge is 2.17. The van der Waals surface area contributed by atoms with Crippen LogP contribution >= 0.6 is 0 Å². The van der Waals surface area contributed by atoms with E-state index in [0.717, 1.165) is 10.8 Å². The average Bonchev–Trinajstić information content (AvgIpc) is 2.40. The molecule has 1 heterocycles. The standard InChI is InChI=1S/C13H8F3NO3/c1-6(4-14)17-5-8(13(19)20)12(18)7-2-9(15)10(16)3-11(7)17/h2-3,5H,1,4H2,(H,19,20). The fourth-order valence-corrected chi connectivity index (χ4v) is 1.80. The van der Waals surface area contributed by atoms with Gasteiger partial charge in [0.1, 0.15) is 12.2 Å². The Labute approximate surface area is 110 Å². The zero-order chi connectivity index (χ0) is 15.0. The first-order valence-electron chi connectivity index (χ1n) is 5.38. The molecule has 0 unspecified atom stereocenters. The number of halogens is 3. The van der Waals surface area contributed by atoms with E-state index < -0.39 is 35.3 Å². The Morgan fingerprint density at radius 3 is 2.45 bits per heavy atom. The second kappa shape index (κ2) is 4.84. The molecule has 0 spiro atoms. The lowest BCUT2D eigenvalue weighted by molar-refractivity contribution is 0.0695. The lowest BCUT2D eigenvalue weighted by atomic mass is 10.1. The van der Waals surface area contributed by atoms with E-state index in [1.54, 1.807) is 0 Å². The number of nitrogens with zero attached hydrogens (tertiary/aromatic N) is 1. The van der Waals surface area contributed by atoms with Crippen molar-refractivity contribution in [2.75, 3.05) is 6.67 Å². The summed E-state index contributed by atoms with van der Waals surface area (Å²) in [6, 6.07) is 1.28. The Hall–Kier alpha value is -2.57. The molecule has 2 aromatic rings. The smallest absolute Gasteiger partial charge is 0.341 e. The van der Waals surface area contributed by atoms with Gasteiger partial charge in [0.2, 0.25) is 5.43 Å². The van der Waals surface area contributed by atoms with Gasteiger partial charge in [-0.1, -0.05) is 6.58 Å². The van der Waals surface area contributed by atoms with Crippen LogP contribution in [0.15, 0.2) is 29.7 Å². The molecule has 0 saturated heterocycles. The zero-order valence-electron chi connectivity index (χ0n) is 9.99. The van der Waals surface area contributed by atoms with E-state index in [9.17, 15) is 22.8 Å².